The van der Waals surface area contributed by atoms with Gasteiger partial charge in [0.25, 0.3) is 0 Å². The standard InChI is InChI=1S/C27H38F3NO5S/c1-15-8-7-9-19(27(28,29)30)10-11-21(16(2)12-20-14-37-18(4)31-20)36-23(33)13-22(32)26(5,6)25(35)17(3)24(15)34/h10,12,14-15,17,21-22,24,32,34H,7-9,11,13H2,1-6H3/b16-12+,19-10+/t15?,17-,21+,22+,24+/m1/s1. The maximum absolute atomic E-state index is 13.8. The lowest BCUT2D eigenvalue weighted by Gasteiger charge is -2.34. The van der Waals surface area contributed by atoms with Crippen molar-refractivity contribution in [1.82, 2.24) is 4.98 Å². The van der Waals surface area contributed by atoms with Crippen LogP contribution >= 0.6 is 11.3 Å². The zero-order chi connectivity index (χ0) is 28.1. The summed E-state index contributed by atoms with van der Waals surface area (Å²) in [4.78, 5) is 30.3. The van der Waals surface area contributed by atoms with Gasteiger partial charge in [0.1, 0.15) is 11.9 Å². The van der Waals surface area contributed by atoms with Crippen LogP contribution in [0.5, 0.6) is 0 Å². The molecule has 0 saturated carbocycles. The van der Waals surface area contributed by atoms with E-state index in [1.807, 2.05) is 6.92 Å². The highest BCUT2D eigenvalue weighted by molar-refractivity contribution is 7.09. The average Bonchev–Trinajstić information content (AvgIpc) is 3.21. The number of aliphatic hydroxyl groups excluding tert-OH is 2. The van der Waals surface area contributed by atoms with Gasteiger partial charge in [-0.1, -0.05) is 33.8 Å². The highest BCUT2D eigenvalue weighted by Gasteiger charge is 2.42. The highest BCUT2D eigenvalue weighted by atomic mass is 32.1. The van der Waals surface area contributed by atoms with Gasteiger partial charge >= 0.3 is 12.1 Å². The van der Waals surface area contributed by atoms with E-state index >= 15 is 0 Å². The van der Waals surface area contributed by atoms with Crippen LogP contribution in [0.1, 0.15) is 77.4 Å². The predicted molar refractivity (Wildman–Crippen MR) is 137 cm³/mol. The Bertz CT molecular complexity index is 1010. The number of ether oxygens (including phenoxy) is 1. The summed E-state index contributed by atoms with van der Waals surface area (Å²) in [6.45, 7) is 9.73. The topological polar surface area (TPSA) is 96.7 Å². The lowest BCUT2D eigenvalue weighted by atomic mass is 9.73. The van der Waals surface area contributed by atoms with E-state index in [1.54, 1.807) is 25.3 Å². The van der Waals surface area contributed by atoms with Crippen LogP contribution in [-0.2, 0) is 14.3 Å². The molecule has 1 aliphatic rings. The first-order valence-electron chi connectivity index (χ1n) is 12.5. The first-order valence-corrected chi connectivity index (χ1v) is 13.4. The van der Waals surface area contributed by atoms with E-state index in [4.69, 9.17) is 4.74 Å². The van der Waals surface area contributed by atoms with E-state index in [1.165, 1.54) is 32.1 Å². The van der Waals surface area contributed by atoms with Crippen molar-refractivity contribution in [2.75, 3.05) is 0 Å². The molecule has 5 atom stereocenters. The maximum atomic E-state index is 13.8. The van der Waals surface area contributed by atoms with Crippen LogP contribution in [0.4, 0.5) is 13.2 Å². The summed E-state index contributed by atoms with van der Waals surface area (Å²) >= 11 is 1.42. The number of halogens is 3. The number of ketones is 1. The summed E-state index contributed by atoms with van der Waals surface area (Å²) in [5.41, 5.74) is -0.966. The molecule has 1 unspecified atom stereocenters. The van der Waals surface area contributed by atoms with Gasteiger partial charge < -0.3 is 14.9 Å². The quantitative estimate of drug-likeness (QED) is 0.360. The molecule has 0 aromatic carbocycles. The molecule has 10 heteroatoms. The van der Waals surface area contributed by atoms with Gasteiger partial charge in [0.05, 0.1) is 34.7 Å². The molecule has 2 heterocycles. The Kier molecular flexibility index (Phi) is 10.7. The second-order valence-corrected chi connectivity index (χ2v) is 11.6. The molecule has 6 nitrogen and oxygen atoms in total. The molecule has 1 aliphatic heterocycles. The number of allylic oxidation sites excluding steroid dienone is 1. The summed E-state index contributed by atoms with van der Waals surface area (Å²) in [5, 5.41) is 24.1. The molecule has 0 fully saturated rings. The Morgan fingerprint density at radius 1 is 1.24 bits per heavy atom. The number of nitrogens with zero attached hydrogens (tertiary/aromatic N) is 1. The Hall–Kier alpha value is -2.04. The number of esters is 1. The van der Waals surface area contributed by atoms with Crippen molar-refractivity contribution >= 4 is 29.2 Å². The van der Waals surface area contributed by atoms with Crippen molar-refractivity contribution in [2.45, 2.75) is 98.1 Å². The third-order valence-corrected chi connectivity index (χ3v) is 7.97. The van der Waals surface area contributed by atoms with Crippen LogP contribution in [0.3, 0.4) is 0 Å². The van der Waals surface area contributed by atoms with Crippen LogP contribution in [0.2, 0.25) is 0 Å². The van der Waals surface area contributed by atoms with Crippen molar-refractivity contribution in [2.24, 2.45) is 17.3 Å². The Morgan fingerprint density at radius 3 is 2.46 bits per heavy atom. The molecule has 0 spiro atoms. The summed E-state index contributed by atoms with van der Waals surface area (Å²) in [5.74, 6) is -2.57. The summed E-state index contributed by atoms with van der Waals surface area (Å²) in [7, 11) is 0. The smallest absolute Gasteiger partial charge is 0.412 e. The molecule has 0 bridgehead atoms. The largest absolute Gasteiger partial charge is 0.457 e. The number of carbonyl (C=O) groups is 2. The molecule has 37 heavy (non-hydrogen) atoms. The van der Waals surface area contributed by atoms with Crippen molar-refractivity contribution in [1.29, 1.82) is 0 Å². The summed E-state index contributed by atoms with van der Waals surface area (Å²) < 4.78 is 46.9. The van der Waals surface area contributed by atoms with E-state index in [-0.39, 0.29) is 25.7 Å². The van der Waals surface area contributed by atoms with Gasteiger partial charge in [0, 0.05) is 23.3 Å². The third-order valence-electron chi connectivity index (χ3n) is 7.18. The normalized spacial score (nSPS) is 30.9. The van der Waals surface area contributed by atoms with Crippen LogP contribution in [0.25, 0.3) is 6.08 Å². The summed E-state index contributed by atoms with van der Waals surface area (Å²) in [6.07, 6.45) is -5.89. The van der Waals surface area contributed by atoms with E-state index in [0.717, 1.165) is 11.1 Å². The number of rotatable bonds is 2. The second kappa shape index (κ2) is 12.7. The number of cyclic esters (lactones) is 1. The third kappa shape index (κ3) is 8.48. The number of aliphatic hydroxyl groups is 2. The Morgan fingerprint density at radius 2 is 1.89 bits per heavy atom. The molecular weight excluding hydrogens is 507 g/mol. The first-order chi connectivity index (χ1) is 17.0. The number of thiazole rings is 1. The van der Waals surface area contributed by atoms with Crippen LogP contribution in [0.15, 0.2) is 22.6 Å². The van der Waals surface area contributed by atoms with Gasteiger partial charge in [-0.15, -0.1) is 11.3 Å². The van der Waals surface area contributed by atoms with Gasteiger partial charge in [-0.2, -0.15) is 13.2 Å². The molecule has 0 radical (unpaired) electrons. The van der Waals surface area contributed by atoms with Gasteiger partial charge in [-0.25, -0.2) is 4.98 Å². The minimum absolute atomic E-state index is 0.161. The molecular formula is C27H38F3NO5S. The molecule has 0 amide bonds. The number of aromatic nitrogens is 1. The fourth-order valence-corrected chi connectivity index (χ4v) is 5.08. The Labute approximate surface area is 220 Å². The zero-order valence-electron chi connectivity index (χ0n) is 22.3. The molecule has 208 valence electrons. The predicted octanol–water partition coefficient (Wildman–Crippen LogP) is 5.81. The van der Waals surface area contributed by atoms with Crippen LogP contribution in [-0.4, -0.2) is 51.4 Å². The van der Waals surface area contributed by atoms with E-state index in [9.17, 15) is 33.0 Å². The van der Waals surface area contributed by atoms with Crippen molar-refractivity contribution in [3.63, 3.8) is 0 Å². The van der Waals surface area contributed by atoms with E-state index in [2.05, 4.69) is 4.98 Å². The molecule has 1 aromatic heterocycles. The molecule has 2 N–H and O–H groups in total. The van der Waals surface area contributed by atoms with Gasteiger partial charge in [0.15, 0.2) is 0 Å². The number of alkyl halides is 3. The fourth-order valence-electron chi connectivity index (χ4n) is 4.51. The lowest BCUT2D eigenvalue weighted by Crippen LogP contribution is -2.45. The van der Waals surface area contributed by atoms with Gasteiger partial charge in [0.2, 0.25) is 0 Å². The fraction of sp³-hybridized carbons (Fsp3) is 0.667. The molecule has 0 aliphatic carbocycles. The van der Waals surface area contributed by atoms with Gasteiger partial charge in [-0.05, 0) is 50.7 Å². The van der Waals surface area contributed by atoms with E-state index in [0.29, 0.717) is 11.3 Å². The lowest BCUT2D eigenvalue weighted by molar-refractivity contribution is -0.154. The van der Waals surface area contributed by atoms with Crippen LogP contribution < -0.4 is 0 Å². The maximum Gasteiger partial charge on any atom is 0.412 e. The molecule has 2 rings (SSSR count). The van der Waals surface area contributed by atoms with Gasteiger partial charge in [-0.3, -0.25) is 9.59 Å². The van der Waals surface area contributed by atoms with Crippen molar-refractivity contribution in [3.8, 4) is 0 Å². The second-order valence-electron chi connectivity index (χ2n) is 10.6. The number of hydrogen-bond acceptors (Lipinski definition) is 7. The Balaban J connectivity index is 2.45. The van der Waals surface area contributed by atoms with Crippen molar-refractivity contribution < 1.29 is 37.7 Å². The number of aryl methyl sites for hydroxylation is 1. The highest BCUT2D eigenvalue weighted by Crippen LogP contribution is 2.35. The average molecular weight is 546 g/mol. The minimum Gasteiger partial charge on any atom is -0.457 e. The summed E-state index contributed by atoms with van der Waals surface area (Å²) in [6, 6.07) is 0. The molecule has 0 saturated heterocycles. The zero-order valence-corrected chi connectivity index (χ0v) is 23.1. The number of carbonyl (C=O) groups excluding carboxylic acids is 2. The van der Waals surface area contributed by atoms with Crippen LogP contribution in [0, 0.1) is 24.2 Å². The SMILES string of the molecule is C/C(=C\c1csc(C)n1)[C@@H]1C/C=C(/C(F)(F)F)CCCC(C)[C@H](O)[C@@H](C)C(=O)C(C)(C)[C@@H](O)CC(=O)O1. The van der Waals surface area contributed by atoms with Crippen molar-refractivity contribution in [3.05, 3.63) is 33.3 Å². The monoisotopic (exact) mass is 545 g/mol. The number of Topliss-reactive ketones (excluding diaryl/α,β-unsaturated/α-hetero) is 1. The number of hydrogen-bond donors (Lipinski definition) is 2. The first kappa shape index (κ1) is 31.2. The minimum atomic E-state index is -4.56. The van der Waals surface area contributed by atoms with E-state index < -0.39 is 65.5 Å². The molecule has 1 aromatic rings.